The molecule has 2 aromatic rings. The van der Waals surface area contributed by atoms with Gasteiger partial charge in [0.15, 0.2) is 0 Å². The maximum Gasteiger partial charge on any atom is 0.306 e. The molecule has 5 rings (SSSR count). The first-order valence-electron chi connectivity index (χ1n) is 14.7. The number of hydrogen-bond donors (Lipinski definition) is 1. The van der Waals surface area contributed by atoms with Gasteiger partial charge in [-0.15, -0.1) is 0 Å². The van der Waals surface area contributed by atoms with Crippen LogP contribution in [0.3, 0.4) is 0 Å². The molecule has 1 aliphatic carbocycles. The molecular formula is C33H40N2O6. The summed E-state index contributed by atoms with van der Waals surface area (Å²) in [5.74, 6) is 1.03. The maximum atomic E-state index is 11.9. The van der Waals surface area contributed by atoms with Crippen molar-refractivity contribution in [3.8, 4) is 11.5 Å². The highest BCUT2D eigenvalue weighted by molar-refractivity contribution is 6.02. The van der Waals surface area contributed by atoms with Crippen LogP contribution in [0.25, 0.3) is 6.08 Å². The van der Waals surface area contributed by atoms with E-state index in [-0.39, 0.29) is 30.3 Å². The Labute approximate surface area is 241 Å². The minimum atomic E-state index is -0.672. The summed E-state index contributed by atoms with van der Waals surface area (Å²) in [4.78, 5) is 39.1. The highest BCUT2D eigenvalue weighted by atomic mass is 16.5. The van der Waals surface area contributed by atoms with Gasteiger partial charge in [0.1, 0.15) is 11.5 Å². The molecule has 0 radical (unpaired) electrons. The van der Waals surface area contributed by atoms with Crippen LogP contribution in [0, 0.1) is 11.8 Å². The van der Waals surface area contributed by atoms with Crippen LogP contribution in [0.2, 0.25) is 0 Å². The summed E-state index contributed by atoms with van der Waals surface area (Å²) in [6, 6.07) is 12.9. The van der Waals surface area contributed by atoms with Gasteiger partial charge in [-0.25, -0.2) is 0 Å². The van der Waals surface area contributed by atoms with E-state index in [4.69, 9.17) is 9.47 Å². The number of methoxy groups -OCH3 is 1. The molecule has 1 unspecified atom stereocenters. The number of carboxylic acids is 1. The average Bonchev–Trinajstić information content (AvgIpc) is 3.58. The van der Waals surface area contributed by atoms with E-state index in [9.17, 15) is 19.5 Å². The smallest absolute Gasteiger partial charge is 0.306 e. The first-order chi connectivity index (χ1) is 19.8. The third-order valence-electron chi connectivity index (χ3n) is 8.86. The number of aliphatic carboxylic acids is 1. The highest BCUT2D eigenvalue weighted by Crippen LogP contribution is 2.35. The van der Waals surface area contributed by atoms with E-state index in [1.165, 1.54) is 16.0 Å². The number of carbonyl (C=O) groups is 3. The minimum Gasteiger partial charge on any atom is -0.496 e. The van der Waals surface area contributed by atoms with Crippen LogP contribution in [-0.2, 0) is 27.3 Å². The Morgan fingerprint density at radius 3 is 2.56 bits per heavy atom. The fraction of sp³-hybridized carbons (Fsp3) is 0.485. The van der Waals surface area contributed by atoms with Gasteiger partial charge < -0.3 is 14.6 Å². The molecule has 8 heteroatoms. The maximum absolute atomic E-state index is 11.9. The molecule has 1 saturated carbocycles. The molecule has 8 nitrogen and oxygen atoms in total. The first-order valence-corrected chi connectivity index (χ1v) is 14.7. The van der Waals surface area contributed by atoms with E-state index in [0.717, 1.165) is 74.4 Å². The number of ether oxygens (including phenoxy) is 2. The Morgan fingerprint density at radius 1 is 1.10 bits per heavy atom. The molecule has 3 aliphatic rings. The molecule has 1 N–H and O–H groups in total. The zero-order valence-corrected chi connectivity index (χ0v) is 24.0. The summed E-state index contributed by atoms with van der Waals surface area (Å²) in [5.41, 5.74) is 4.53. The Bertz CT molecular complexity index is 1300. The van der Waals surface area contributed by atoms with E-state index in [2.05, 4.69) is 42.2 Å². The van der Waals surface area contributed by atoms with E-state index < -0.39 is 5.97 Å². The Balaban J connectivity index is 1.32. The predicted octanol–water partition coefficient (Wildman–Crippen LogP) is 5.25. The lowest BCUT2D eigenvalue weighted by molar-refractivity contribution is -0.143. The Morgan fingerprint density at radius 2 is 1.85 bits per heavy atom. The lowest BCUT2D eigenvalue weighted by Crippen LogP contribution is -2.34. The highest BCUT2D eigenvalue weighted by Gasteiger charge is 2.29. The van der Waals surface area contributed by atoms with Crippen LogP contribution in [-0.4, -0.2) is 59.5 Å². The second-order valence-corrected chi connectivity index (χ2v) is 11.5. The standard InChI is InChI=1S/C33H40N2O6/c1-22(27-11-12-29-28(19-27)15-17-41-29)34(20-23-5-9-26(10-6-23)33(38)39)21-24-7-8-25(30(18-24)40-2)4-3-16-35-31(36)13-14-32(35)37/h3-4,7-8,11-12,18-19,22-23,26H,5-6,9-10,13-17,20-21H2,1-2H3,(H,38,39)/t22?,23-,26-. The number of nitrogens with zero attached hydrogens (tertiary/aromatic N) is 2. The van der Waals surface area contributed by atoms with Crippen molar-refractivity contribution in [1.29, 1.82) is 0 Å². The summed E-state index contributed by atoms with van der Waals surface area (Å²) >= 11 is 0. The van der Waals surface area contributed by atoms with Crippen LogP contribution >= 0.6 is 0 Å². The van der Waals surface area contributed by atoms with Crippen molar-refractivity contribution in [2.45, 2.75) is 64.5 Å². The van der Waals surface area contributed by atoms with Gasteiger partial charge in [-0.05, 0) is 67.3 Å². The molecule has 41 heavy (non-hydrogen) atoms. The Kier molecular flexibility index (Phi) is 9.08. The zero-order valence-electron chi connectivity index (χ0n) is 24.0. The number of carbonyl (C=O) groups excluding carboxylic acids is 2. The molecule has 218 valence electrons. The molecule has 2 amide bonds. The predicted molar refractivity (Wildman–Crippen MR) is 156 cm³/mol. The lowest BCUT2D eigenvalue weighted by Gasteiger charge is -2.35. The van der Waals surface area contributed by atoms with Gasteiger partial charge in [-0.1, -0.05) is 36.4 Å². The zero-order chi connectivity index (χ0) is 28.9. The normalized spacial score (nSPS) is 21.4. The van der Waals surface area contributed by atoms with E-state index in [1.807, 2.05) is 18.2 Å². The monoisotopic (exact) mass is 560 g/mol. The second kappa shape index (κ2) is 12.9. The van der Waals surface area contributed by atoms with Crippen LogP contribution in [0.15, 0.2) is 42.5 Å². The number of imide groups is 1. The molecule has 2 aromatic carbocycles. The summed E-state index contributed by atoms with van der Waals surface area (Å²) in [5, 5.41) is 9.45. The van der Waals surface area contributed by atoms with E-state index in [1.54, 1.807) is 7.11 Å². The molecule has 2 aliphatic heterocycles. The molecule has 0 aromatic heterocycles. The minimum absolute atomic E-state index is 0.122. The van der Waals surface area contributed by atoms with Gasteiger partial charge in [0, 0.05) is 50.5 Å². The third kappa shape index (κ3) is 6.81. The van der Waals surface area contributed by atoms with E-state index >= 15 is 0 Å². The van der Waals surface area contributed by atoms with Gasteiger partial charge in [0.05, 0.1) is 19.6 Å². The number of amides is 2. The van der Waals surface area contributed by atoms with Crippen molar-refractivity contribution in [1.82, 2.24) is 9.80 Å². The molecule has 1 saturated heterocycles. The van der Waals surface area contributed by atoms with Crippen molar-refractivity contribution < 1.29 is 29.0 Å². The molecule has 2 heterocycles. The lowest BCUT2D eigenvalue weighted by atomic mass is 9.81. The number of likely N-dealkylation sites (tertiary alicyclic amines) is 1. The fourth-order valence-corrected chi connectivity index (χ4v) is 6.30. The molecule has 0 bridgehead atoms. The SMILES string of the molecule is COc1cc(CN(C[C@H]2CC[C@H](C(=O)O)CC2)C(C)c2ccc3c(c2)CCO3)ccc1C=CCN1C(=O)CCC1=O. The van der Waals surface area contributed by atoms with Crippen LogP contribution in [0.1, 0.15) is 73.7 Å². The topological polar surface area (TPSA) is 96.4 Å². The van der Waals surface area contributed by atoms with Crippen LogP contribution in [0.5, 0.6) is 11.5 Å². The summed E-state index contributed by atoms with van der Waals surface area (Å²) in [7, 11) is 1.65. The van der Waals surface area contributed by atoms with Crippen molar-refractivity contribution in [2.24, 2.45) is 11.8 Å². The second-order valence-electron chi connectivity index (χ2n) is 11.5. The molecular weight excluding hydrogens is 520 g/mol. The van der Waals surface area contributed by atoms with Crippen LogP contribution < -0.4 is 9.47 Å². The number of hydrogen-bond acceptors (Lipinski definition) is 6. The van der Waals surface area contributed by atoms with Crippen molar-refractivity contribution in [3.05, 3.63) is 64.7 Å². The molecule has 1 atom stereocenters. The first kappa shape index (κ1) is 28.9. The average molecular weight is 561 g/mol. The molecule has 2 fully saturated rings. The number of carboxylic acid groups (broad SMARTS) is 1. The number of rotatable bonds is 11. The quantitative estimate of drug-likeness (QED) is 0.375. The van der Waals surface area contributed by atoms with Gasteiger partial charge in [-0.3, -0.25) is 24.2 Å². The Hall–Kier alpha value is -3.65. The molecule has 0 spiro atoms. The van der Waals surface area contributed by atoms with Crippen molar-refractivity contribution in [3.63, 3.8) is 0 Å². The van der Waals surface area contributed by atoms with Gasteiger partial charge >= 0.3 is 5.97 Å². The largest absolute Gasteiger partial charge is 0.496 e. The van der Waals surface area contributed by atoms with Gasteiger partial charge in [0.2, 0.25) is 11.8 Å². The van der Waals surface area contributed by atoms with E-state index in [0.29, 0.717) is 18.8 Å². The van der Waals surface area contributed by atoms with Gasteiger partial charge in [-0.2, -0.15) is 0 Å². The van der Waals surface area contributed by atoms with Gasteiger partial charge in [0.25, 0.3) is 0 Å². The number of benzene rings is 2. The summed E-state index contributed by atoms with van der Waals surface area (Å²) in [6.07, 6.45) is 8.57. The summed E-state index contributed by atoms with van der Waals surface area (Å²) in [6.45, 7) is 4.86. The summed E-state index contributed by atoms with van der Waals surface area (Å²) < 4.78 is 11.5. The van der Waals surface area contributed by atoms with Crippen LogP contribution in [0.4, 0.5) is 0 Å². The van der Waals surface area contributed by atoms with Crippen molar-refractivity contribution in [2.75, 3.05) is 26.8 Å². The van der Waals surface area contributed by atoms with Crippen molar-refractivity contribution >= 4 is 23.9 Å². The number of fused-ring (bicyclic) bond motifs is 1. The fourth-order valence-electron chi connectivity index (χ4n) is 6.30. The third-order valence-corrected chi connectivity index (χ3v) is 8.86.